The molecule has 0 spiro atoms. The summed E-state index contributed by atoms with van der Waals surface area (Å²) in [5.74, 6) is 0.697. The van der Waals surface area contributed by atoms with Gasteiger partial charge in [0.05, 0.1) is 15.9 Å². The first-order chi connectivity index (χ1) is 8.97. The summed E-state index contributed by atoms with van der Waals surface area (Å²) in [5.41, 5.74) is 2.40. The van der Waals surface area contributed by atoms with Gasteiger partial charge in [-0.25, -0.2) is 0 Å². The van der Waals surface area contributed by atoms with Crippen LogP contribution < -0.4 is 5.32 Å². The average Bonchev–Trinajstić information content (AvgIpc) is 2.59. The predicted molar refractivity (Wildman–Crippen MR) is 85.5 cm³/mol. The molecule has 0 aromatic carbocycles. The lowest BCUT2D eigenvalue weighted by molar-refractivity contribution is 0.369. The normalized spacial score (nSPS) is 13.2. The topological polar surface area (TPSA) is 29.9 Å². The molecule has 1 N–H and O–H groups in total. The van der Waals surface area contributed by atoms with Crippen LogP contribution >= 0.6 is 15.9 Å². The number of aromatic nitrogens is 2. The molecule has 1 heterocycles. The second kappa shape index (κ2) is 8.05. The molecule has 0 saturated carbocycles. The summed E-state index contributed by atoms with van der Waals surface area (Å²) in [6.45, 7) is 10.00. The molecule has 1 aromatic rings. The van der Waals surface area contributed by atoms with Gasteiger partial charge >= 0.3 is 0 Å². The third kappa shape index (κ3) is 4.92. The minimum absolute atomic E-state index is 0.632. The van der Waals surface area contributed by atoms with Crippen molar-refractivity contribution in [2.24, 2.45) is 13.0 Å². The van der Waals surface area contributed by atoms with E-state index in [0.717, 1.165) is 18.7 Å². The van der Waals surface area contributed by atoms with Crippen LogP contribution in [0.25, 0.3) is 0 Å². The minimum Gasteiger partial charge on any atom is -0.314 e. The molecule has 1 aromatic heterocycles. The number of hydrogen-bond acceptors (Lipinski definition) is 2. The summed E-state index contributed by atoms with van der Waals surface area (Å²) in [4.78, 5) is 0. The highest BCUT2D eigenvalue weighted by atomic mass is 79.9. The maximum atomic E-state index is 4.45. The Morgan fingerprint density at radius 3 is 2.53 bits per heavy atom. The molecule has 0 saturated heterocycles. The lowest BCUT2D eigenvalue weighted by atomic mass is 9.97. The van der Waals surface area contributed by atoms with Crippen LogP contribution in [0.15, 0.2) is 4.47 Å². The monoisotopic (exact) mass is 329 g/mol. The molecule has 0 radical (unpaired) electrons. The van der Waals surface area contributed by atoms with Gasteiger partial charge in [0.2, 0.25) is 0 Å². The Bertz CT molecular complexity index is 385. The van der Waals surface area contributed by atoms with Gasteiger partial charge in [0.15, 0.2) is 0 Å². The predicted octanol–water partition coefficient (Wildman–Crippen LogP) is 3.84. The summed E-state index contributed by atoms with van der Waals surface area (Å²) in [6.07, 6.45) is 4.73. The van der Waals surface area contributed by atoms with Crippen LogP contribution in [0.3, 0.4) is 0 Å². The SMILES string of the molecule is CCCNC(CCCc1c(Br)c(C)nn1C)C(C)C. The molecule has 0 fully saturated rings. The summed E-state index contributed by atoms with van der Waals surface area (Å²) in [7, 11) is 2.03. The van der Waals surface area contributed by atoms with Crippen molar-refractivity contribution in [2.45, 2.75) is 59.4 Å². The van der Waals surface area contributed by atoms with Crippen molar-refractivity contribution >= 4 is 15.9 Å². The summed E-state index contributed by atoms with van der Waals surface area (Å²) in [6, 6.07) is 0.632. The molecule has 1 rings (SSSR count). The summed E-state index contributed by atoms with van der Waals surface area (Å²) < 4.78 is 3.18. The van der Waals surface area contributed by atoms with E-state index in [2.05, 4.69) is 47.1 Å². The van der Waals surface area contributed by atoms with E-state index in [4.69, 9.17) is 0 Å². The highest BCUT2D eigenvalue weighted by molar-refractivity contribution is 9.10. The molecule has 0 amide bonds. The maximum Gasteiger partial charge on any atom is 0.0738 e. The van der Waals surface area contributed by atoms with Gasteiger partial charge in [0.25, 0.3) is 0 Å². The number of nitrogens with one attached hydrogen (secondary N) is 1. The second-order valence-electron chi connectivity index (χ2n) is 5.67. The zero-order valence-electron chi connectivity index (χ0n) is 13.0. The number of aryl methyl sites for hydroxylation is 2. The van der Waals surface area contributed by atoms with Crippen LogP contribution in [-0.4, -0.2) is 22.4 Å². The lowest BCUT2D eigenvalue weighted by Crippen LogP contribution is -2.34. The van der Waals surface area contributed by atoms with Gasteiger partial charge in [-0.05, 0) is 61.0 Å². The average molecular weight is 330 g/mol. The van der Waals surface area contributed by atoms with E-state index < -0.39 is 0 Å². The van der Waals surface area contributed by atoms with E-state index >= 15 is 0 Å². The molecule has 1 atom stereocenters. The van der Waals surface area contributed by atoms with Crippen molar-refractivity contribution in [2.75, 3.05) is 6.54 Å². The van der Waals surface area contributed by atoms with Gasteiger partial charge in [-0.3, -0.25) is 4.68 Å². The van der Waals surface area contributed by atoms with Crippen molar-refractivity contribution in [1.29, 1.82) is 0 Å². The van der Waals surface area contributed by atoms with Crippen LogP contribution in [0.1, 0.15) is 51.4 Å². The molecule has 0 bridgehead atoms. The van der Waals surface area contributed by atoms with Gasteiger partial charge in [-0.2, -0.15) is 5.10 Å². The van der Waals surface area contributed by atoms with Crippen LogP contribution in [0, 0.1) is 12.8 Å². The Labute approximate surface area is 126 Å². The second-order valence-corrected chi connectivity index (χ2v) is 6.46. The fourth-order valence-corrected chi connectivity index (χ4v) is 2.98. The Kier molecular flexibility index (Phi) is 7.08. The highest BCUT2D eigenvalue weighted by Crippen LogP contribution is 2.22. The fraction of sp³-hybridized carbons (Fsp3) is 0.800. The number of rotatable bonds is 8. The summed E-state index contributed by atoms with van der Waals surface area (Å²) in [5, 5.41) is 8.10. The van der Waals surface area contributed by atoms with E-state index in [9.17, 15) is 0 Å². The van der Waals surface area contributed by atoms with Crippen LogP contribution in [-0.2, 0) is 13.5 Å². The molecular weight excluding hydrogens is 302 g/mol. The van der Waals surface area contributed by atoms with E-state index in [1.54, 1.807) is 0 Å². The molecule has 4 heteroatoms. The first-order valence-corrected chi connectivity index (χ1v) is 8.18. The first-order valence-electron chi connectivity index (χ1n) is 7.38. The Balaban J connectivity index is 2.47. The Hall–Kier alpha value is -0.350. The van der Waals surface area contributed by atoms with Gasteiger partial charge in [-0.15, -0.1) is 0 Å². The number of halogens is 1. The van der Waals surface area contributed by atoms with Gasteiger partial charge in [0, 0.05) is 13.1 Å². The summed E-state index contributed by atoms with van der Waals surface area (Å²) >= 11 is 3.64. The molecule has 110 valence electrons. The van der Waals surface area contributed by atoms with Crippen LogP contribution in [0.5, 0.6) is 0 Å². The number of nitrogens with zero attached hydrogens (tertiary/aromatic N) is 2. The van der Waals surface area contributed by atoms with E-state index in [0.29, 0.717) is 12.0 Å². The van der Waals surface area contributed by atoms with Crippen molar-refractivity contribution < 1.29 is 0 Å². The van der Waals surface area contributed by atoms with Crippen molar-refractivity contribution in [3.8, 4) is 0 Å². The van der Waals surface area contributed by atoms with Crippen LogP contribution in [0.4, 0.5) is 0 Å². The smallest absolute Gasteiger partial charge is 0.0738 e. The molecule has 0 aliphatic rings. The molecular formula is C15H28BrN3. The number of hydrogen-bond donors (Lipinski definition) is 1. The van der Waals surface area contributed by atoms with E-state index in [-0.39, 0.29) is 0 Å². The first kappa shape index (κ1) is 16.7. The van der Waals surface area contributed by atoms with Gasteiger partial charge in [-0.1, -0.05) is 20.8 Å². The Morgan fingerprint density at radius 1 is 1.37 bits per heavy atom. The van der Waals surface area contributed by atoms with Crippen LogP contribution in [0.2, 0.25) is 0 Å². The third-order valence-corrected chi connectivity index (χ3v) is 4.68. The zero-order chi connectivity index (χ0) is 14.4. The molecule has 1 unspecified atom stereocenters. The van der Waals surface area contributed by atoms with Gasteiger partial charge in [0.1, 0.15) is 0 Å². The van der Waals surface area contributed by atoms with Crippen molar-refractivity contribution in [3.63, 3.8) is 0 Å². The molecule has 19 heavy (non-hydrogen) atoms. The van der Waals surface area contributed by atoms with Gasteiger partial charge < -0.3 is 5.32 Å². The molecule has 3 nitrogen and oxygen atoms in total. The zero-order valence-corrected chi connectivity index (χ0v) is 14.5. The quantitative estimate of drug-likeness (QED) is 0.785. The fourth-order valence-electron chi connectivity index (χ4n) is 2.44. The minimum atomic E-state index is 0.632. The van der Waals surface area contributed by atoms with E-state index in [1.807, 2.05) is 18.7 Å². The van der Waals surface area contributed by atoms with E-state index in [1.165, 1.54) is 29.4 Å². The Morgan fingerprint density at radius 2 is 2.05 bits per heavy atom. The standard InChI is InChI=1S/C15H28BrN3/c1-6-10-17-13(11(2)3)8-7-9-14-15(16)12(4)18-19(14)5/h11,13,17H,6-10H2,1-5H3. The molecule has 0 aliphatic heterocycles. The largest absolute Gasteiger partial charge is 0.314 e. The van der Waals surface area contributed by atoms with Crippen molar-refractivity contribution in [1.82, 2.24) is 15.1 Å². The third-order valence-electron chi connectivity index (χ3n) is 3.65. The maximum absolute atomic E-state index is 4.45. The highest BCUT2D eigenvalue weighted by Gasteiger charge is 2.14. The lowest BCUT2D eigenvalue weighted by Gasteiger charge is -2.22. The van der Waals surface area contributed by atoms with Crippen molar-refractivity contribution in [3.05, 3.63) is 15.9 Å². The molecule has 0 aliphatic carbocycles.